The fourth-order valence-electron chi connectivity index (χ4n) is 4.00. The quantitative estimate of drug-likeness (QED) is 0.298. The number of nitriles is 1. The van der Waals surface area contributed by atoms with Gasteiger partial charge in [-0.3, -0.25) is 9.36 Å². The lowest BCUT2D eigenvalue weighted by molar-refractivity contribution is -0.113. The van der Waals surface area contributed by atoms with Crippen molar-refractivity contribution in [2.45, 2.75) is 50.4 Å². The van der Waals surface area contributed by atoms with Crippen LogP contribution in [0.1, 0.15) is 47.7 Å². The van der Waals surface area contributed by atoms with Crippen LogP contribution in [0, 0.1) is 11.3 Å². The molecule has 2 aromatic heterocycles. The van der Waals surface area contributed by atoms with E-state index >= 15 is 0 Å². The van der Waals surface area contributed by atoms with Crippen molar-refractivity contribution in [2.24, 2.45) is 0 Å². The lowest BCUT2D eigenvalue weighted by Crippen LogP contribution is -2.15. The molecule has 0 aliphatic heterocycles. The average Bonchev–Trinajstić information content (AvgIpc) is 3.43. The molecule has 35 heavy (non-hydrogen) atoms. The predicted molar refractivity (Wildman–Crippen MR) is 137 cm³/mol. The molecule has 0 radical (unpaired) electrons. The average molecular weight is 510 g/mol. The lowest BCUT2D eigenvalue weighted by atomic mass is 9.96. The third kappa shape index (κ3) is 5.69. The molecule has 1 N–H and O–H groups in total. The number of hydrogen-bond acceptors (Lipinski definition) is 8. The van der Waals surface area contributed by atoms with E-state index in [1.165, 1.54) is 28.0 Å². The monoisotopic (exact) mass is 509 g/mol. The van der Waals surface area contributed by atoms with Gasteiger partial charge in [0, 0.05) is 17.5 Å². The number of thioether (sulfide) groups is 1. The first-order valence-electron chi connectivity index (χ1n) is 11.4. The number of aryl methyl sites for hydroxylation is 1. The molecule has 3 aromatic rings. The van der Waals surface area contributed by atoms with Crippen molar-refractivity contribution in [1.82, 2.24) is 14.8 Å². The van der Waals surface area contributed by atoms with Gasteiger partial charge in [-0.25, -0.2) is 0 Å². The number of hydrogen-bond donors (Lipinski definition) is 1. The van der Waals surface area contributed by atoms with Crippen molar-refractivity contribution >= 4 is 34.0 Å². The first-order chi connectivity index (χ1) is 17.0. The number of rotatable bonds is 10. The minimum atomic E-state index is -0.381. The minimum Gasteiger partial charge on any atom is -0.497 e. The van der Waals surface area contributed by atoms with Gasteiger partial charge in [0.1, 0.15) is 22.6 Å². The van der Waals surface area contributed by atoms with Crippen LogP contribution in [0.3, 0.4) is 0 Å². The summed E-state index contributed by atoms with van der Waals surface area (Å²) in [5.74, 6) is 1.96. The molecule has 1 atom stereocenters. The van der Waals surface area contributed by atoms with Gasteiger partial charge in [-0.2, -0.15) is 5.26 Å². The predicted octanol–water partition coefficient (Wildman–Crippen LogP) is 5.16. The van der Waals surface area contributed by atoms with Crippen LogP contribution < -0.4 is 14.8 Å². The highest BCUT2D eigenvalue weighted by Crippen LogP contribution is 2.37. The highest BCUT2D eigenvalue weighted by molar-refractivity contribution is 7.99. The normalized spacial score (nSPS) is 13.4. The molecular formula is C25H27N5O3S2. The molecule has 1 amide bonds. The number of aromatic nitrogens is 3. The first-order valence-corrected chi connectivity index (χ1v) is 13.2. The number of allylic oxidation sites excluding steroid dienone is 1. The summed E-state index contributed by atoms with van der Waals surface area (Å²) in [5.41, 5.74) is 1.72. The van der Waals surface area contributed by atoms with E-state index in [9.17, 15) is 10.1 Å². The topological polar surface area (TPSA) is 102 Å². The van der Waals surface area contributed by atoms with E-state index in [0.717, 1.165) is 31.2 Å². The van der Waals surface area contributed by atoms with Crippen LogP contribution in [0.2, 0.25) is 0 Å². The summed E-state index contributed by atoms with van der Waals surface area (Å²) in [6.45, 7) is 6.21. The number of thiophene rings is 1. The van der Waals surface area contributed by atoms with Gasteiger partial charge in [-0.1, -0.05) is 23.9 Å². The summed E-state index contributed by atoms with van der Waals surface area (Å²) >= 11 is 2.81. The Morgan fingerprint density at radius 3 is 2.94 bits per heavy atom. The van der Waals surface area contributed by atoms with Crippen molar-refractivity contribution in [3.8, 4) is 17.6 Å². The number of nitrogens with one attached hydrogen (secondary N) is 1. The third-order valence-electron chi connectivity index (χ3n) is 5.64. The van der Waals surface area contributed by atoms with Gasteiger partial charge in [-0.05, 0) is 50.3 Å². The fraction of sp³-hybridized carbons (Fsp3) is 0.360. The Morgan fingerprint density at radius 1 is 1.37 bits per heavy atom. The molecule has 0 spiro atoms. The van der Waals surface area contributed by atoms with Crippen LogP contribution in [0.4, 0.5) is 5.00 Å². The summed E-state index contributed by atoms with van der Waals surface area (Å²) in [4.78, 5) is 13.9. The fourth-order valence-corrected chi connectivity index (χ4v) is 6.02. The third-order valence-corrected chi connectivity index (χ3v) is 7.82. The Labute approximate surface area is 213 Å². The maximum Gasteiger partial charge on any atom is 0.235 e. The largest absolute Gasteiger partial charge is 0.497 e. The molecule has 1 aliphatic carbocycles. The van der Waals surface area contributed by atoms with Gasteiger partial charge in [0.25, 0.3) is 0 Å². The molecule has 4 rings (SSSR count). The standard InChI is InChI=1S/C25H27N5O3S2/c1-4-12-30-23(16(2)33-18-9-7-8-17(13-18)32-3)28-29-25(30)34-15-22(31)27-24-20(14-26)19-10-5-6-11-21(19)35-24/h4,7-9,13,16H,1,5-6,10-12,15H2,2-3H3,(H,27,31). The Hall–Kier alpha value is -3.29. The van der Waals surface area contributed by atoms with E-state index in [0.29, 0.717) is 39.6 Å². The van der Waals surface area contributed by atoms with Gasteiger partial charge in [-0.15, -0.1) is 28.1 Å². The highest BCUT2D eigenvalue weighted by atomic mass is 32.2. The maximum atomic E-state index is 12.7. The van der Waals surface area contributed by atoms with E-state index < -0.39 is 0 Å². The molecule has 0 bridgehead atoms. The zero-order valence-electron chi connectivity index (χ0n) is 19.7. The van der Waals surface area contributed by atoms with Crippen molar-refractivity contribution in [3.63, 3.8) is 0 Å². The van der Waals surface area contributed by atoms with Crippen LogP contribution in [0.5, 0.6) is 11.5 Å². The number of methoxy groups -OCH3 is 1. The maximum absolute atomic E-state index is 12.7. The smallest absolute Gasteiger partial charge is 0.235 e. The molecule has 10 heteroatoms. The van der Waals surface area contributed by atoms with Gasteiger partial charge in [0.05, 0.1) is 18.4 Å². The van der Waals surface area contributed by atoms with Gasteiger partial charge < -0.3 is 14.8 Å². The van der Waals surface area contributed by atoms with Crippen molar-refractivity contribution in [3.05, 3.63) is 58.7 Å². The van der Waals surface area contributed by atoms with E-state index in [2.05, 4.69) is 28.2 Å². The van der Waals surface area contributed by atoms with E-state index in [1.807, 2.05) is 35.8 Å². The van der Waals surface area contributed by atoms with Crippen LogP contribution in [-0.2, 0) is 24.2 Å². The first kappa shape index (κ1) is 24.8. The van der Waals surface area contributed by atoms with E-state index in [-0.39, 0.29) is 17.8 Å². The number of amides is 1. The number of carbonyl (C=O) groups is 1. The zero-order chi connectivity index (χ0) is 24.8. The highest BCUT2D eigenvalue weighted by Gasteiger charge is 2.23. The molecule has 0 fully saturated rings. The zero-order valence-corrected chi connectivity index (χ0v) is 21.4. The molecule has 1 aliphatic rings. The van der Waals surface area contributed by atoms with Gasteiger partial charge in [0.2, 0.25) is 5.91 Å². The summed E-state index contributed by atoms with van der Waals surface area (Å²) in [5, 5.41) is 22.4. The number of benzene rings is 1. The number of carbonyl (C=O) groups excluding carboxylic acids is 1. The van der Waals surface area contributed by atoms with Gasteiger partial charge in [0.15, 0.2) is 17.1 Å². The summed E-state index contributed by atoms with van der Waals surface area (Å²) < 4.78 is 13.2. The molecule has 1 unspecified atom stereocenters. The van der Waals surface area contributed by atoms with Crippen molar-refractivity contribution in [2.75, 3.05) is 18.2 Å². The Morgan fingerprint density at radius 2 is 2.17 bits per heavy atom. The van der Waals surface area contributed by atoms with Crippen LogP contribution in [-0.4, -0.2) is 33.5 Å². The second-order valence-corrected chi connectivity index (χ2v) is 10.1. The molecule has 1 aromatic carbocycles. The second kappa shape index (κ2) is 11.4. The van der Waals surface area contributed by atoms with Crippen LogP contribution >= 0.6 is 23.1 Å². The number of fused-ring (bicyclic) bond motifs is 1. The summed E-state index contributed by atoms with van der Waals surface area (Å²) in [6, 6.07) is 9.65. The molecule has 0 saturated heterocycles. The summed E-state index contributed by atoms with van der Waals surface area (Å²) in [7, 11) is 1.61. The molecule has 8 nitrogen and oxygen atoms in total. The Kier molecular flexibility index (Phi) is 8.10. The Balaban J connectivity index is 1.43. The molecular weight excluding hydrogens is 482 g/mol. The van der Waals surface area contributed by atoms with Crippen LogP contribution in [0.25, 0.3) is 0 Å². The molecule has 0 saturated carbocycles. The Bertz CT molecular complexity index is 1260. The van der Waals surface area contributed by atoms with Crippen LogP contribution in [0.15, 0.2) is 42.1 Å². The van der Waals surface area contributed by atoms with Crippen molar-refractivity contribution in [1.29, 1.82) is 5.26 Å². The molecule has 2 heterocycles. The van der Waals surface area contributed by atoms with E-state index in [1.54, 1.807) is 13.2 Å². The molecule has 182 valence electrons. The lowest BCUT2D eigenvalue weighted by Gasteiger charge is -2.16. The minimum absolute atomic E-state index is 0.147. The number of nitrogens with zero attached hydrogens (tertiary/aromatic N) is 4. The van der Waals surface area contributed by atoms with E-state index in [4.69, 9.17) is 9.47 Å². The number of anilines is 1. The number of ether oxygens (including phenoxy) is 2. The van der Waals surface area contributed by atoms with Gasteiger partial charge >= 0.3 is 0 Å². The second-order valence-electron chi connectivity index (χ2n) is 8.04. The van der Waals surface area contributed by atoms with Crippen molar-refractivity contribution < 1.29 is 14.3 Å². The SMILES string of the molecule is C=CCn1c(SCC(=O)Nc2sc3c(c2C#N)CCCC3)nnc1C(C)Oc1cccc(OC)c1. The summed E-state index contributed by atoms with van der Waals surface area (Å²) in [6.07, 6.45) is 5.47.